The summed E-state index contributed by atoms with van der Waals surface area (Å²) in [5.41, 5.74) is 0.798. The number of nitrogens with one attached hydrogen (secondary N) is 2. The molecule has 0 aliphatic carbocycles. The van der Waals surface area contributed by atoms with Crippen molar-refractivity contribution in [3.8, 4) is 0 Å². The van der Waals surface area contributed by atoms with Gasteiger partial charge in [-0.3, -0.25) is 14.7 Å². The summed E-state index contributed by atoms with van der Waals surface area (Å²) in [7, 11) is 0. The van der Waals surface area contributed by atoms with Crippen molar-refractivity contribution in [3.63, 3.8) is 0 Å². The average Bonchev–Trinajstić information content (AvgIpc) is 2.65. The predicted octanol–water partition coefficient (Wildman–Crippen LogP) is 2.36. The second kappa shape index (κ2) is 8.68. The van der Waals surface area contributed by atoms with Gasteiger partial charge in [0.25, 0.3) is 5.91 Å². The number of ether oxygens (including phenoxy) is 1. The lowest BCUT2D eigenvalue weighted by Gasteiger charge is -2.26. The van der Waals surface area contributed by atoms with Gasteiger partial charge in [-0.05, 0) is 24.3 Å². The number of pyridine rings is 1. The minimum Gasteiger partial charge on any atom is -0.384 e. The first-order chi connectivity index (χ1) is 12.6. The number of nitrogens with zero attached hydrogens (tertiary/aromatic N) is 2. The second-order valence-electron chi connectivity index (χ2n) is 5.89. The number of benzene rings is 1. The standard InChI is InChI=1S/C18H20F2N4O2/c19-13-1-2-16(15(20)11-13)23-18(25)17-12-14(3-4-22-17)21-5-6-24-7-9-26-10-8-24/h1-4,11-12H,5-10H2,(H,21,22)(H,23,25). The van der Waals surface area contributed by atoms with Crippen LogP contribution in [0.3, 0.4) is 0 Å². The van der Waals surface area contributed by atoms with Crippen LogP contribution in [0, 0.1) is 11.6 Å². The van der Waals surface area contributed by atoms with Crippen LogP contribution in [0.5, 0.6) is 0 Å². The molecule has 138 valence electrons. The molecule has 1 aromatic carbocycles. The first-order valence-corrected chi connectivity index (χ1v) is 8.38. The molecular formula is C18H20F2N4O2. The summed E-state index contributed by atoms with van der Waals surface area (Å²) in [5.74, 6) is -2.10. The molecule has 1 aromatic heterocycles. The smallest absolute Gasteiger partial charge is 0.274 e. The van der Waals surface area contributed by atoms with Gasteiger partial charge in [0.1, 0.15) is 17.3 Å². The van der Waals surface area contributed by atoms with E-state index in [4.69, 9.17) is 4.74 Å². The summed E-state index contributed by atoms with van der Waals surface area (Å²) in [6.45, 7) is 4.91. The van der Waals surface area contributed by atoms with Gasteiger partial charge in [-0.15, -0.1) is 0 Å². The van der Waals surface area contributed by atoms with Crippen molar-refractivity contribution in [2.24, 2.45) is 0 Å². The molecule has 0 unspecified atom stereocenters. The lowest BCUT2D eigenvalue weighted by Crippen LogP contribution is -2.39. The molecule has 2 aromatic rings. The fourth-order valence-electron chi connectivity index (χ4n) is 2.62. The van der Waals surface area contributed by atoms with E-state index in [1.807, 2.05) is 0 Å². The van der Waals surface area contributed by atoms with E-state index in [-0.39, 0.29) is 11.4 Å². The summed E-state index contributed by atoms with van der Waals surface area (Å²) >= 11 is 0. The Labute approximate surface area is 150 Å². The fraction of sp³-hybridized carbons (Fsp3) is 0.333. The van der Waals surface area contributed by atoms with Crippen molar-refractivity contribution in [3.05, 3.63) is 53.9 Å². The molecule has 0 saturated carbocycles. The summed E-state index contributed by atoms with van der Waals surface area (Å²) in [4.78, 5) is 18.5. The Morgan fingerprint density at radius 2 is 2.00 bits per heavy atom. The molecule has 1 fully saturated rings. The van der Waals surface area contributed by atoms with E-state index in [1.165, 1.54) is 12.3 Å². The zero-order valence-corrected chi connectivity index (χ0v) is 14.2. The van der Waals surface area contributed by atoms with Gasteiger partial charge in [0.2, 0.25) is 0 Å². The molecule has 1 amide bonds. The molecule has 3 rings (SSSR count). The van der Waals surface area contributed by atoms with Crippen molar-refractivity contribution < 1.29 is 18.3 Å². The minimum atomic E-state index is -0.835. The van der Waals surface area contributed by atoms with E-state index in [2.05, 4.69) is 20.5 Å². The maximum Gasteiger partial charge on any atom is 0.274 e. The van der Waals surface area contributed by atoms with Gasteiger partial charge >= 0.3 is 0 Å². The van der Waals surface area contributed by atoms with Gasteiger partial charge < -0.3 is 15.4 Å². The highest BCUT2D eigenvalue weighted by Crippen LogP contribution is 2.16. The number of amides is 1. The highest BCUT2D eigenvalue weighted by atomic mass is 19.1. The largest absolute Gasteiger partial charge is 0.384 e. The summed E-state index contributed by atoms with van der Waals surface area (Å²) in [6, 6.07) is 6.32. The number of anilines is 2. The van der Waals surface area contributed by atoms with Gasteiger partial charge in [0.05, 0.1) is 18.9 Å². The topological polar surface area (TPSA) is 66.5 Å². The number of rotatable bonds is 6. The molecule has 0 radical (unpaired) electrons. The van der Waals surface area contributed by atoms with Crippen LogP contribution < -0.4 is 10.6 Å². The SMILES string of the molecule is O=C(Nc1ccc(F)cc1F)c1cc(NCCN2CCOCC2)ccn1. The molecule has 0 bridgehead atoms. The highest BCUT2D eigenvalue weighted by Gasteiger charge is 2.12. The first kappa shape index (κ1) is 18.2. The minimum absolute atomic E-state index is 0.0936. The zero-order valence-electron chi connectivity index (χ0n) is 14.2. The molecule has 1 saturated heterocycles. The molecule has 6 nitrogen and oxygen atoms in total. The number of morpholine rings is 1. The summed E-state index contributed by atoms with van der Waals surface area (Å²) in [5, 5.41) is 5.64. The van der Waals surface area contributed by atoms with Crippen LogP contribution >= 0.6 is 0 Å². The highest BCUT2D eigenvalue weighted by molar-refractivity contribution is 6.03. The fourth-order valence-corrected chi connectivity index (χ4v) is 2.62. The van der Waals surface area contributed by atoms with Gasteiger partial charge in [-0.25, -0.2) is 8.78 Å². The third-order valence-electron chi connectivity index (χ3n) is 4.03. The van der Waals surface area contributed by atoms with Gasteiger partial charge in [0, 0.05) is 44.1 Å². The van der Waals surface area contributed by atoms with Crippen molar-refractivity contribution in [2.75, 3.05) is 50.0 Å². The number of aromatic nitrogens is 1. The van der Waals surface area contributed by atoms with Crippen LogP contribution in [-0.4, -0.2) is 55.2 Å². The van der Waals surface area contributed by atoms with E-state index in [9.17, 15) is 13.6 Å². The van der Waals surface area contributed by atoms with Gasteiger partial charge in [-0.2, -0.15) is 0 Å². The molecule has 2 N–H and O–H groups in total. The quantitative estimate of drug-likeness (QED) is 0.826. The number of carbonyl (C=O) groups excluding carboxylic acids is 1. The zero-order chi connectivity index (χ0) is 18.4. The molecule has 1 aliphatic heterocycles. The van der Waals surface area contributed by atoms with Crippen LogP contribution in [0.1, 0.15) is 10.5 Å². The Balaban J connectivity index is 1.56. The number of carbonyl (C=O) groups is 1. The van der Waals surface area contributed by atoms with Crippen LogP contribution in [0.2, 0.25) is 0 Å². The van der Waals surface area contributed by atoms with E-state index in [1.54, 1.807) is 12.1 Å². The molecular weight excluding hydrogens is 342 g/mol. The molecule has 0 spiro atoms. The van der Waals surface area contributed by atoms with Crippen LogP contribution in [0.25, 0.3) is 0 Å². The Morgan fingerprint density at radius 1 is 1.19 bits per heavy atom. The van der Waals surface area contributed by atoms with Crippen LogP contribution in [0.4, 0.5) is 20.2 Å². The maximum atomic E-state index is 13.6. The first-order valence-electron chi connectivity index (χ1n) is 8.38. The Morgan fingerprint density at radius 3 is 2.77 bits per heavy atom. The van der Waals surface area contributed by atoms with Crippen molar-refractivity contribution in [1.29, 1.82) is 0 Å². The second-order valence-corrected chi connectivity index (χ2v) is 5.89. The van der Waals surface area contributed by atoms with E-state index in [0.717, 1.165) is 51.1 Å². The van der Waals surface area contributed by atoms with Gasteiger partial charge in [0.15, 0.2) is 0 Å². The van der Waals surface area contributed by atoms with E-state index < -0.39 is 17.5 Å². The lowest BCUT2D eigenvalue weighted by atomic mass is 10.2. The molecule has 1 aliphatic rings. The van der Waals surface area contributed by atoms with E-state index in [0.29, 0.717) is 6.07 Å². The number of hydrogen-bond acceptors (Lipinski definition) is 5. The normalized spacial score (nSPS) is 14.8. The van der Waals surface area contributed by atoms with E-state index >= 15 is 0 Å². The molecule has 0 atom stereocenters. The van der Waals surface area contributed by atoms with Crippen molar-refractivity contribution in [2.45, 2.75) is 0 Å². The van der Waals surface area contributed by atoms with Crippen molar-refractivity contribution in [1.82, 2.24) is 9.88 Å². The van der Waals surface area contributed by atoms with Crippen LogP contribution in [0.15, 0.2) is 36.5 Å². The summed E-state index contributed by atoms with van der Waals surface area (Å²) in [6.07, 6.45) is 1.51. The Bertz CT molecular complexity index is 767. The molecule has 2 heterocycles. The Kier molecular flexibility index (Phi) is 6.08. The average molecular weight is 362 g/mol. The van der Waals surface area contributed by atoms with Crippen LogP contribution in [-0.2, 0) is 4.74 Å². The number of halogens is 2. The monoisotopic (exact) mass is 362 g/mol. The predicted molar refractivity (Wildman–Crippen MR) is 94.3 cm³/mol. The third-order valence-corrected chi connectivity index (χ3v) is 4.03. The number of hydrogen-bond donors (Lipinski definition) is 2. The van der Waals surface area contributed by atoms with Crippen molar-refractivity contribution >= 4 is 17.3 Å². The molecule has 8 heteroatoms. The molecule has 26 heavy (non-hydrogen) atoms. The Hall–Kier alpha value is -2.58. The maximum absolute atomic E-state index is 13.6. The summed E-state index contributed by atoms with van der Waals surface area (Å²) < 4.78 is 31.9. The third kappa shape index (κ3) is 4.96. The lowest BCUT2D eigenvalue weighted by molar-refractivity contribution is 0.0398. The van der Waals surface area contributed by atoms with Gasteiger partial charge in [-0.1, -0.05) is 0 Å².